The first-order chi connectivity index (χ1) is 8.38. The predicted molar refractivity (Wildman–Crippen MR) is 73.6 cm³/mol. The van der Waals surface area contributed by atoms with Crippen molar-refractivity contribution in [1.82, 2.24) is 4.90 Å². The summed E-state index contributed by atoms with van der Waals surface area (Å²) in [5.74, 6) is 1.13. The Bertz CT molecular complexity index is 293. The molecule has 0 aromatic heterocycles. The molecule has 104 valence electrons. The van der Waals surface area contributed by atoms with Crippen LogP contribution in [0.2, 0.25) is 0 Å². The number of ether oxygens (including phenoxy) is 1. The highest BCUT2D eigenvalue weighted by molar-refractivity contribution is 7.99. The van der Waals surface area contributed by atoms with Crippen LogP contribution in [-0.2, 0) is 14.3 Å². The fourth-order valence-corrected chi connectivity index (χ4v) is 2.58. The van der Waals surface area contributed by atoms with Gasteiger partial charge in [0, 0.05) is 18.8 Å². The maximum Gasteiger partial charge on any atom is 0.307 e. The van der Waals surface area contributed by atoms with Gasteiger partial charge in [-0.05, 0) is 33.6 Å². The van der Waals surface area contributed by atoms with Crippen molar-refractivity contribution in [3.8, 4) is 0 Å². The van der Waals surface area contributed by atoms with Crippen molar-refractivity contribution >= 4 is 23.6 Å². The lowest BCUT2D eigenvalue weighted by Crippen LogP contribution is -2.29. The molecule has 0 aromatic carbocycles. The van der Waals surface area contributed by atoms with Crippen LogP contribution in [0.25, 0.3) is 0 Å². The van der Waals surface area contributed by atoms with Crippen molar-refractivity contribution in [2.75, 3.05) is 24.6 Å². The van der Waals surface area contributed by atoms with Gasteiger partial charge in [0.25, 0.3) is 0 Å². The smallest absolute Gasteiger partial charge is 0.307 e. The lowest BCUT2D eigenvalue weighted by atomic mass is 10.2. The molecule has 1 saturated heterocycles. The maximum atomic E-state index is 11.7. The number of hydrogen-bond donors (Lipinski definition) is 0. The van der Waals surface area contributed by atoms with Gasteiger partial charge in [0.1, 0.15) is 5.60 Å². The van der Waals surface area contributed by atoms with E-state index in [0.717, 1.165) is 25.9 Å². The SMILES string of the molecule is CC(C)(C)OC(=O)CCSCC(=O)N1CCCC1. The highest BCUT2D eigenvalue weighted by Gasteiger charge is 2.18. The monoisotopic (exact) mass is 273 g/mol. The Labute approximate surface area is 113 Å². The third-order valence-corrected chi connectivity index (χ3v) is 3.50. The summed E-state index contributed by atoms with van der Waals surface area (Å²) >= 11 is 1.51. The molecule has 0 saturated carbocycles. The number of carbonyl (C=O) groups is 2. The molecule has 1 heterocycles. The highest BCUT2D eigenvalue weighted by Crippen LogP contribution is 2.13. The number of thioether (sulfide) groups is 1. The molecule has 0 atom stereocenters. The molecule has 18 heavy (non-hydrogen) atoms. The van der Waals surface area contributed by atoms with Crippen LogP contribution in [-0.4, -0.2) is 47.0 Å². The van der Waals surface area contributed by atoms with Crippen LogP contribution in [0.3, 0.4) is 0 Å². The minimum Gasteiger partial charge on any atom is -0.460 e. The summed E-state index contributed by atoms with van der Waals surface area (Å²) in [6, 6.07) is 0. The number of rotatable bonds is 5. The molecule has 0 spiro atoms. The number of hydrogen-bond acceptors (Lipinski definition) is 4. The van der Waals surface area contributed by atoms with Crippen LogP contribution in [0.15, 0.2) is 0 Å². The number of esters is 1. The lowest BCUT2D eigenvalue weighted by Gasteiger charge is -2.19. The summed E-state index contributed by atoms with van der Waals surface area (Å²) in [6.07, 6.45) is 2.61. The average Bonchev–Trinajstić information content (AvgIpc) is 2.74. The normalized spacial score (nSPS) is 15.8. The average molecular weight is 273 g/mol. The fourth-order valence-electron chi connectivity index (χ4n) is 1.77. The van der Waals surface area contributed by atoms with Gasteiger partial charge in [-0.15, -0.1) is 0 Å². The molecule has 1 amide bonds. The zero-order chi connectivity index (χ0) is 13.6. The van der Waals surface area contributed by atoms with E-state index in [2.05, 4.69) is 0 Å². The molecule has 0 unspecified atom stereocenters. The number of likely N-dealkylation sites (tertiary alicyclic amines) is 1. The quantitative estimate of drug-likeness (QED) is 0.568. The lowest BCUT2D eigenvalue weighted by molar-refractivity contribution is -0.154. The van der Waals surface area contributed by atoms with E-state index in [1.54, 1.807) is 0 Å². The predicted octanol–water partition coefficient (Wildman–Crippen LogP) is 2.07. The van der Waals surface area contributed by atoms with E-state index in [4.69, 9.17) is 4.74 Å². The summed E-state index contributed by atoms with van der Waals surface area (Å²) in [4.78, 5) is 25.0. The number of amides is 1. The van der Waals surface area contributed by atoms with Crippen molar-refractivity contribution in [1.29, 1.82) is 0 Å². The van der Waals surface area contributed by atoms with E-state index in [9.17, 15) is 9.59 Å². The van der Waals surface area contributed by atoms with Gasteiger partial charge in [-0.1, -0.05) is 0 Å². The largest absolute Gasteiger partial charge is 0.460 e. The van der Waals surface area contributed by atoms with Crippen LogP contribution < -0.4 is 0 Å². The van der Waals surface area contributed by atoms with E-state index in [0.29, 0.717) is 17.9 Å². The van der Waals surface area contributed by atoms with E-state index in [-0.39, 0.29) is 11.9 Å². The number of nitrogens with zero attached hydrogens (tertiary/aromatic N) is 1. The third kappa shape index (κ3) is 6.28. The molecular formula is C13H23NO3S. The van der Waals surface area contributed by atoms with Crippen LogP contribution in [0.4, 0.5) is 0 Å². The van der Waals surface area contributed by atoms with Crippen molar-refractivity contribution in [2.45, 2.75) is 45.6 Å². The Morgan fingerprint density at radius 2 is 1.83 bits per heavy atom. The zero-order valence-electron chi connectivity index (χ0n) is 11.5. The molecule has 0 bridgehead atoms. The van der Waals surface area contributed by atoms with Gasteiger partial charge in [-0.2, -0.15) is 11.8 Å². The summed E-state index contributed by atoms with van der Waals surface area (Å²) in [7, 11) is 0. The summed E-state index contributed by atoms with van der Waals surface area (Å²) in [5, 5.41) is 0. The molecule has 1 fully saturated rings. The van der Waals surface area contributed by atoms with Crippen LogP contribution in [0.1, 0.15) is 40.0 Å². The Morgan fingerprint density at radius 1 is 1.22 bits per heavy atom. The third-order valence-electron chi connectivity index (χ3n) is 2.55. The Kier molecular flexibility index (Phi) is 5.99. The standard InChI is InChI=1S/C13H23NO3S/c1-13(2,3)17-12(16)6-9-18-10-11(15)14-7-4-5-8-14/h4-10H2,1-3H3. The Hall–Kier alpha value is -0.710. The Morgan fingerprint density at radius 3 is 2.39 bits per heavy atom. The summed E-state index contributed by atoms with van der Waals surface area (Å²) in [5.41, 5.74) is -0.423. The first-order valence-electron chi connectivity index (χ1n) is 6.46. The van der Waals surface area contributed by atoms with Gasteiger partial charge < -0.3 is 9.64 Å². The Balaban J connectivity index is 2.07. The number of carbonyl (C=O) groups excluding carboxylic acids is 2. The molecule has 5 heteroatoms. The minimum atomic E-state index is -0.423. The van der Waals surface area contributed by atoms with E-state index in [1.807, 2.05) is 25.7 Å². The molecule has 4 nitrogen and oxygen atoms in total. The molecule has 0 radical (unpaired) electrons. The van der Waals surface area contributed by atoms with Crippen LogP contribution >= 0.6 is 11.8 Å². The zero-order valence-corrected chi connectivity index (χ0v) is 12.3. The molecular weight excluding hydrogens is 250 g/mol. The first-order valence-corrected chi connectivity index (χ1v) is 7.61. The topological polar surface area (TPSA) is 46.6 Å². The van der Waals surface area contributed by atoms with Gasteiger partial charge in [-0.3, -0.25) is 9.59 Å². The van der Waals surface area contributed by atoms with Crippen molar-refractivity contribution in [2.24, 2.45) is 0 Å². The van der Waals surface area contributed by atoms with Gasteiger partial charge in [0.2, 0.25) is 5.91 Å². The van der Waals surface area contributed by atoms with E-state index in [1.165, 1.54) is 11.8 Å². The van der Waals surface area contributed by atoms with E-state index < -0.39 is 5.60 Å². The van der Waals surface area contributed by atoms with Crippen molar-refractivity contribution in [3.63, 3.8) is 0 Å². The maximum absolute atomic E-state index is 11.7. The molecule has 0 N–H and O–H groups in total. The second-order valence-corrected chi connectivity index (χ2v) is 6.58. The molecule has 1 aliphatic rings. The van der Waals surface area contributed by atoms with E-state index >= 15 is 0 Å². The molecule has 1 aliphatic heterocycles. The van der Waals surface area contributed by atoms with Crippen molar-refractivity contribution in [3.05, 3.63) is 0 Å². The molecule has 1 rings (SSSR count). The highest BCUT2D eigenvalue weighted by atomic mass is 32.2. The summed E-state index contributed by atoms with van der Waals surface area (Å²) < 4.78 is 5.20. The van der Waals surface area contributed by atoms with Gasteiger partial charge in [0.15, 0.2) is 0 Å². The van der Waals surface area contributed by atoms with Crippen molar-refractivity contribution < 1.29 is 14.3 Å². The summed E-state index contributed by atoms with van der Waals surface area (Å²) in [6.45, 7) is 7.36. The second kappa shape index (κ2) is 7.02. The second-order valence-electron chi connectivity index (χ2n) is 5.48. The fraction of sp³-hybridized carbons (Fsp3) is 0.846. The van der Waals surface area contributed by atoms with Crippen LogP contribution in [0, 0.1) is 0 Å². The van der Waals surface area contributed by atoms with Gasteiger partial charge in [-0.25, -0.2) is 0 Å². The molecule has 0 aromatic rings. The van der Waals surface area contributed by atoms with Gasteiger partial charge >= 0.3 is 5.97 Å². The van der Waals surface area contributed by atoms with Gasteiger partial charge in [0.05, 0.1) is 12.2 Å². The first kappa shape index (κ1) is 15.3. The van der Waals surface area contributed by atoms with Crippen LogP contribution in [0.5, 0.6) is 0 Å². The molecule has 0 aliphatic carbocycles. The minimum absolute atomic E-state index is 0.191.